The molecule has 0 aromatic heterocycles. The van der Waals surface area contributed by atoms with Crippen LogP contribution in [0, 0.1) is 11.8 Å². The van der Waals surface area contributed by atoms with Gasteiger partial charge in [-0.25, -0.2) is 0 Å². The molecule has 3 N–H and O–H groups in total. The summed E-state index contributed by atoms with van der Waals surface area (Å²) in [6.07, 6.45) is 4.50. The second kappa shape index (κ2) is 9.38. The van der Waals surface area contributed by atoms with E-state index in [2.05, 4.69) is 12.2 Å². The molecule has 0 aliphatic heterocycles. The molecule has 0 amide bonds. The van der Waals surface area contributed by atoms with E-state index in [1.54, 1.807) is 0 Å². The van der Waals surface area contributed by atoms with Crippen molar-refractivity contribution in [1.29, 1.82) is 0 Å². The van der Waals surface area contributed by atoms with Crippen molar-refractivity contribution in [3.63, 3.8) is 0 Å². The zero-order valence-electron chi connectivity index (χ0n) is 13.4. The number of aliphatic hydroxyl groups excluding tert-OH is 1. The molecule has 0 bridgehead atoms. The minimum Gasteiger partial charge on any atom is -0.466 e. The fourth-order valence-corrected chi connectivity index (χ4v) is 2.97. The van der Waals surface area contributed by atoms with Crippen LogP contribution in [0.3, 0.4) is 0 Å². The second-order valence-corrected chi connectivity index (χ2v) is 6.17. The standard InChI is InChI=1S/C16H31NO4/c1-3-13(7-10-18)11-17-12-16(20)8-5-14(6-9-16)15(19)21-4-2/h13-14,17-18,20H,3-12H2,1-2H3. The first kappa shape index (κ1) is 18.4. The third-order valence-corrected chi connectivity index (χ3v) is 4.54. The van der Waals surface area contributed by atoms with Crippen LogP contribution in [-0.4, -0.2) is 48.1 Å². The Morgan fingerprint density at radius 1 is 1.38 bits per heavy atom. The lowest BCUT2D eigenvalue weighted by molar-refractivity contribution is -0.151. The number of aliphatic hydroxyl groups is 2. The fourth-order valence-electron chi connectivity index (χ4n) is 2.97. The summed E-state index contributed by atoms with van der Waals surface area (Å²) in [5, 5.41) is 22.8. The van der Waals surface area contributed by atoms with Crippen molar-refractivity contribution < 1.29 is 19.7 Å². The van der Waals surface area contributed by atoms with Crippen LogP contribution in [0.25, 0.3) is 0 Å². The predicted molar refractivity (Wildman–Crippen MR) is 81.9 cm³/mol. The van der Waals surface area contributed by atoms with Gasteiger partial charge in [0, 0.05) is 13.2 Å². The van der Waals surface area contributed by atoms with Gasteiger partial charge in [-0.2, -0.15) is 0 Å². The van der Waals surface area contributed by atoms with Crippen molar-refractivity contribution in [2.75, 3.05) is 26.3 Å². The summed E-state index contributed by atoms with van der Waals surface area (Å²) in [5.41, 5.74) is -0.708. The maximum Gasteiger partial charge on any atom is 0.308 e. The van der Waals surface area contributed by atoms with Crippen molar-refractivity contribution in [2.24, 2.45) is 11.8 Å². The van der Waals surface area contributed by atoms with E-state index in [9.17, 15) is 9.90 Å². The molecule has 0 radical (unpaired) electrons. The van der Waals surface area contributed by atoms with Gasteiger partial charge in [0.05, 0.1) is 18.1 Å². The van der Waals surface area contributed by atoms with Crippen LogP contribution in [0.15, 0.2) is 0 Å². The minimum absolute atomic E-state index is 0.0528. The van der Waals surface area contributed by atoms with Gasteiger partial charge < -0.3 is 20.3 Å². The predicted octanol–water partition coefficient (Wildman–Crippen LogP) is 1.47. The molecule has 0 aromatic carbocycles. The van der Waals surface area contributed by atoms with Crippen LogP contribution in [-0.2, 0) is 9.53 Å². The minimum atomic E-state index is -0.708. The van der Waals surface area contributed by atoms with Crippen LogP contribution in [0.4, 0.5) is 0 Å². The molecule has 1 fully saturated rings. The highest BCUT2D eigenvalue weighted by Crippen LogP contribution is 2.32. The van der Waals surface area contributed by atoms with Gasteiger partial charge in [0.25, 0.3) is 0 Å². The Hall–Kier alpha value is -0.650. The quantitative estimate of drug-likeness (QED) is 0.562. The first-order valence-corrected chi connectivity index (χ1v) is 8.25. The number of hydrogen-bond acceptors (Lipinski definition) is 5. The highest BCUT2D eigenvalue weighted by Gasteiger charge is 2.36. The molecule has 1 rings (SSSR count). The Morgan fingerprint density at radius 3 is 2.57 bits per heavy atom. The maximum absolute atomic E-state index is 11.7. The van der Waals surface area contributed by atoms with Gasteiger partial charge in [0.15, 0.2) is 0 Å². The third kappa shape index (κ3) is 6.32. The molecule has 21 heavy (non-hydrogen) atoms. The molecule has 5 heteroatoms. The van der Waals surface area contributed by atoms with Gasteiger partial charge in [0.2, 0.25) is 0 Å². The Labute approximate surface area is 128 Å². The average molecular weight is 301 g/mol. The fraction of sp³-hybridized carbons (Fsp3) is 0.938. The van der Waals surface area contributed by atoms with E-state index >= 15 is 0 Å². The molecule has 1 aliphatic carbocycles. The van der Waals surface area contributed by atoms with Crippen molar-refractivity contribution in [2.45, 2.75) is 58.0 Å². The number of nitrogens with one attached hydrogen (secondary N) is 1. The van der Waals surface area contributed by atoms with E-state index in [-0.39, 0.29) is 18.5 Å². The van der Waals surface area contributed by atoms with E-state index in [1.165, 1.54) is 0 Å². The summed E-state index contributed by atoms with van der Waals surface area (Å²) in [6, 6.07) is 0. The highest BCUT2D eigenvalue weighted by atomic mass is 16.5. The Morgan fingerprint density at radius 2 is 2.05 bits per heavy atom. The number of ether oxygens (including phenoxy) is 1. The molecule has 0 heterocycles. The Balaban J connectivity index is 2.29. The summed E-state index contributed by atoms with van der Waals surface area (Å²) in [5.74, 6) is 0.277. The van der Waals surface area contributed by atoms with Crippen LogP contribution >= 0.6 is 0 Å². The molecule has 1 unspecified atom stereocenters. The van der Waals surface area contributed by atoms with E-state index in [0.717, 1.165) is 19.4 Å². The smallest absolute Gasteiger partial charge is 0.308 e. The van der Waals surface area contributed by atoms with E-state index in [4.69, 9.17) is 9.84 Å². The summed E-state index contributed by atoms with van der Waals surface area (Å²) < 4.78 is 5.04. The monoisotopic (exact) mass is 301 g/mol. The van der Waals surface area contributed by atoms with Crippen LogP contribution in [0.5, 0.6) is 0 Å². The Bertz CT molecular complexity index is 301. The third-order valence-electron chi connectivity index (χ3n) is 4.54. The lowest BCUT2D eigenvalue weighted by Crippen LogP contribution is -2.45. The highest BCUT2D eigenvalue weighted by molar-refractivity contribution is 5.72. The molecule has 0 spiro atoms. The second-order valence-electron chi connectivity index (χ2n) is 6.17. The number of hydrogen-bond donors (Lipinski definition) is 3. The maximum atomic E-state index is 11.7. The van der Waals surface area contributed by atoms with Crippen molar-refractivity contribution in [1.82, 2.24) is 5.32 Å². The van der Waals surface area contributed by atoms with E-state index in [1.807, 2.05) is 6.92 Å². The molecule has 1 atom stereocenters. The van der Waals surface area contributed by atoms with Gasteiger partial charge in [-0.05, 0) is 51.5 Å². The largest absolute Gasteiger partial charge is 0.466 e. The van der Waals surface area contributed by atoms with Crippen LogP contribution < -0.4 is 5.32 Å². The SMILES string of the molecule is CCOC(=O)C1CCC(O)(CNCC(CC)CCO)CC1. The van der Waals surface area contributed by atoms with Gasteiger partial charge in [0.1, 0.15) is 0 Å². The first-order valence-electron chi connectivity index (χ1n) is 8.25. The lowest BCUT2D eigenvalue weighted by atomic mass is 9.78. The summed E-state index contributed by atoms with van der Waals surface area (Å²) in [6.45, 7) is 5.94. The molecule has 0 saturated heterocycles. The van der Waals surface area contributed by atoms with Gasteiger partial charge in [-0.15, -0.1) is 0 Å². The lowest BCUT2D eigenvalue weighted by Gasteiger charge is -2.35. The summed E-state index contributed by atoms with van der Waals surface area (Å²) >= 11 is 0. The molecule has 124 valence electrons. The molecular formula is C16H31NO4. The topological polar surface area (TPSA) is 78.8 Å². The van der Waals surface area contributed by atoms with E-state index in [0.29, 0.717) is 44.8 Å². The molecule has 1 aliphatic rings. The van der Waals surface area contributed by atoms with Crippen molar-refractivity contribution in [3.05, 3.63) is 0 Å². The summed E-state index contributed by atoms with van der Waals surface area (Å²) in [4.78, 5) is 11.7. The molecule has 0 aromatic rings. The Kier molecular flexibility index (Phi) is 8.22. The van der Waals surface area contributed by atoms with Crippen molar-refractivity contribution >= 4 is 5.97 Å². The van der Waals surface area contributed by atoms with Gasteiger partial charge in [-0.3, -0.25) is 4.79 Å². The van der Waals surface area contributed by atoms with Gasteiger partial charge in [-0.1, -0.05) is 13.3 Å². The normalized spacial score (nSPS) is 27.3. The first-order chi connectivity index (χ1) is 10.0. The molecular weight excluding hydrogens is 270 g/mol. The summed E-state index contributed by atoms with van der Waals surface area (Å²) in [7, 11) is 0. The zero-order valence-corrected chi connectivity index (χ0v) is 13.4. The zero-order chi connectivity index (χ0) is 15.7. The van der Waals surface area contributed by atoms with Crippen molar-refractivity contribution in [3.8, 4) is 0 Å². The number of carbonyl (C=O) groups is 1. The van der Waals surface area contributed by atoms with Crippen LogP contribution in [0.1, 0.15) is 52.4 Å². The molecule has 5 nitrogen and oxygen atoms in total. The van der Waals surface area contributed by atoms with E-state index < -0.39 is 5.60 Å². The molecule has 1 saturated carbocycles. The van der Waals surface area contributed by atoms with Crippen LogP contribution in [0.2, 0.25) is 0 Å². The van der Waals surface area contributed by atoms with Gasteiger partial charge >= 0.3 is 5.97 Å². The number of rotatable bonds is 9. The number of carbonyl (C=O) groups excluding carboxylic acids is 1. The number of esters is 1. The average Bonchev–Trinajstić information content (AvgIpc) is 2.47.